The molecule has 10 nitrogen and oxygen atoms in total. The van der Waals surface area contributed by atoms with Crippen molar-refractivity contribution < 1.29 is 14.4 Å². The van der Waals surface area contributed by atoms with Gasteiger partial charge >= 0.3 is 6.03 Å². The molecule has 1 atom stereocenters. The molecule has 10 heteroatoms. The minimum atomic E-state index is -0.860. The van der Waals surface area contributed by atoms with Gasteiger partial charge in [-0.15, -0.1) is 0 Å². The van der Waals surface area contributed by atoms with E-state index in [-0.39, 0.29) is 30.4 Å². The summed E-state index contributed by atoms with van der Waals surface area (Å²) in [5.41, 5.74) is 9.37. The molecule has 0 bridgehead atoms. The van der Waals surface area contributed by atoms with Crippen LogP contribution in [0.4, 0.5) is 10.5 Å². The Labute approximate surface area is 222 Å². The van der Waals surface area contributed by atoms with Gasteiger partial charge in [-0.1, -0.05) is 30.8 Å². The van der Waals surface area contributed by atoms with Crippen molar-refractivity contribution in [2.75, 3.05) is 25.5 Å². The summed E-state index contributed by atoms with van der Waals surface area (Å²) < 4.78 is 0. The van der Waals surface area contributed by atoms with Crippen LogP contribution in [0.1, 0.15) is 41.4 Å². The lowest BCUT2D eigenvalue weighted by atomic mass is 9.95. The molecule has 0 aliphatic carbocycles. The van der Waals surface area contributed by atoms with Crippen molar-refractivity contribution in [2.45, 2.75) is 32.0 Å². The first-order valence-corrected chi connectivity index (χ1v) is 12.3. The lowest BCUT2D eigenvalue weighted by molar-refractivity contribution is -0.111. The Balaban J connectivity index is 1.43. The van der Waals surface area contributed by atoms with Gasteiger partial charge in [0.05, 0.1) is 18.1 Å². The number of amides is 4. The quantitative estimate of drug-likeness (QED) is 0.236. The van der Waals surface area contributed by atoms with Crippen LogP contribution in [0.25, 0.3) is 0 Å². The third kappa shape index (κ3) is 5.30. The minimum absolute atomic E-state index is 0.0838. The van der Waals surface area contributed by atoms with Gasteiger partial charge in [-0.25, -0.2) is 4.79 Å². The van der Waals surface area contributed by atoms with Crippen LogP contribution in [-0.2, 0) is 11.3 Å². The predicted octanol–water partition coefficient (Wildman–Crippen LogP) is 2.72. The normalized spacial score (nSPS) is 18.4. The molecule has 2 aliphatic rings. The fraction of sp³-hybridized carbons (Fsp3) is 0.286. The molecule has 0 saturated carbocycles. The Morgan fingerprint density at radius 2 is 1.79 bits per heavy atom. The number of benzene rings is 2. The number of hydrogen-bond acceptors (Lipinski definition) is 6. The maximum Gasteiger partial charge on any atom is 0.318 e. The molecule has 1 unspecified atom stereocenters. The Morgan fingerprint density at radius 1 is 1.11 bits per heavy atom. The van der Waals surface area contributed by atoms with E-state index in [1.165, 1.54) is 17.7 Å². The highest BCUT2D eigenvalue weighted by molar-refractivity contribution is 6.12. The summed E-state index contributed by atoms with van der Waals surface area (Å²) in [4.78, 5) is 41.4. The number of hydrogen-bond donors (Lipinski definition) is 5. The number of urea groups is 1. The number of amidine groups is 1. The molecular weight excluding hydrogens is 482 g/mol. The van der Waals surface area contributed by atoms with Gasteiger partial charge < -0.3 is 26.6 Å². The zero-order chi connectivity index (χ0) is 27.6. The number of rotatable bonds is 5. The maximum atomic E-state index is 13.5. The maximum absolute atomic E-state index is 13.5. The van der Waals surface area contributed by atoms with Crippen molar-refractivity contribution in [2.24, 2.45) is 5.73 Å². The molecule has 2 heterocycles. The van der Waals surface area contributed by atoms with Crippen LogP contribution >= 0.6 is 0 Å². The highest BCUT2D eigenvalue weighted by atomic mass is 16.2. The zero-order valence-corrected chi connectivity index (χ0v) is 21.8. The van der Waals surface area contributed by atoms with E-state index in [0.717, 1.165) is 18.2 Å². The summed E-state index contributed by atoms with van der Waals surface area (Å²) in [6.07, 6.45) is 1.15. The number of carbonyl (C=O) groups is 3. The van der Waals surface area contributed by atoms with Crippen molar-refractivity contribution in [3.8, 4) is 0 Å². The van der Waals surface area contributed by atoms with E-state index in [4.69, 9.17) is 11.1 Å². The molecule has 4 rings (SSSR count). The molecule has 2 aromatic rings. The second-order valence-corrected chi connectivity index (χ2v) is 10.0. The molecule has 0 fully saturated rings. The average molecular weight is 516 g/mol. The third-order valence-corrected chi connectivity index (χ3v) is 7.02. The molecule has 6 N–H and O–H groups in total. The van der Waals surface area contributed by atoms with Crippen molar-refractivity contribution in [1.29, 1.82) is 5.41 Å². The van der Waals surface area contributed by atoms with E-state index in [1.54, 1.807) is 17.0 Å². The van der Waals surface area contributed by atoms with Gasteiger partial charge in [0.2, 0.25) is 5.91 Å². The van der Waals surface area contributed by atoms with Gasteiger partial charge in [0.15, 0.2) is 0 Å². The molecule has 2 aromatic carbocycles. The Bertz CT molecular complexity index is 1330. The Kier molecular flexibility index (Phi) is 7.36. The van der Waals surface area contributed by atoms with Crippen molar-refractivity contribution in [3.05, 3.63) is 89.1 Å². The molecule has 198 valence electrons. The number of nitrogens with zero attached hydrogens (tertiary/aromatic N) is 2. The minimum Gasteiger partial charge on any atom is -0.400 e. The van der Waals surface area contributed by atoms with E-state index in [0.29, 0.717) is 29.1 Å². The standard InChI is InChI=1S/C28H33N7O3/c1-5-23(36)31-19-12-10-17(11-13-19)26(37)33-25(30)21-15-35(28(2,3)24(21)29)27(38)32-22-16-34(4)14-18-8-6-7-9-20(18)22/h5-13,22H,1,14-16,29H2,2-4H3,(H,31,36)(H,32,38)(H2,30,33,37). The first kappa shape index (κ1) is 26.6. The summed E-state index contributed by atoms with van der Waals surface area (Å²) in [5.74, 6) is -1.02. The van der Waals surface area contributed by atoms with Crippen LogP contribution in [0, 0.1) is 5.41 Å². The van der Waals surface area contributed by atoms with E-state index < -0.39 is 11.4 Å². The predicted molar refractivity (Wildman–Crippen MR) is 147 cm³/mol. The number of nitrogens with two attached hydrogens (primary N) is 1. The van der Waals surface area contributed by atoms with Crippen molar-refractivity contribution >= 4 is 29.4 Å². The molecular formula is C28H33N7O3. The van der Waals surface area contributed by atoms with Gasteiger partial charge in [-0.05, 0) is 62.4 Å². The average Bonchev–Trinajstić information content (AvgIpc) is 3.12. The van der Waals surface area contributed by atoms with Crippen molar-refractivity contribution in [3.63, 3.8) is 0 Å². The summed E-state index contributed by atoms with van der Waals surface area (Å²) in [7, 11) is 2.02. The smallest absolute Gasteiger partial charge is 0.318 e. The topological polar surface area (TPSA) is 144 Å². The second kappa shape index (κ2) is 10.5. The van der Waals surface area contributed by atoms with Crippen LogP contribution in [0.5, 0.6) is 0 Å². The Hall–Kier alpha value is -4.44. The second-order valence-electron chi connectivity index (χ2n) is 10.0. The van der Waals surface area contributed by atoms with Gasteiger partial charge in [0, 0.05) is 35.6 Å². The monoisotopic (exact) mass is 515 g/mol. The van der Waals surface area contributed by atoms with Crippen LogP contribution < -0.4 is 21.7 Å². The summed E-state index contributed by atoms with van der Waals surface area (Å²) in [5, 5.41) is 16.9. The molecule has 38 heavy (non-hydrogen) atoms. The van der Waals surface area contributed by atoms with Gasteiger partial charge in [0.25, 0.3) is 5.91 Å². The first-order valence-electron chi connectivity index (χ1n) is 12.3. The number of carbonyl (C=O) groups excluding carboxylic acids is 3. The van der Waals surface area contributed by atoms with E-state index >= 15 is 0 Å². The van der Waals surface area contributed by atoms with Crippen LogP contribution in [0.2, 0.25) is 0 Å². The van der Waals surface area contributed by atoms with Gasteiger partial charge in [0.1, 0.15) is 5.84 Å². The molecule has 0 saturated heterocycles. The number of nitrogens with one attached hydrogen (secondary N) is 4. The van der Waals surface area contributed by atoms with E-state index in [1.807, 2.05) is 39.1 Å². The highest BCUT2D eigenvalue weighted by Gasteiger charge is 2.43. The molecule has 0 aromatic heterocycles. The largest absolute Gasteiger partial charge is 0.400 e. The first-order chi connectivity index (χ1) is 18.0. The zero-order valence-electron chi connectivity index (χ0n) is 21.8. The fourth-order valence-electron chi connectivity index (χ4n) is 4.79. The molecule has 0 spiro atoms. The third-order valence-electron chi connectivity index (χ3n) is 7.02. The molecule has 0 radical (unpaired) electrons. The fourth-order valence-corrected chi connectivity index (χ4v) is 4.79. The van der Waals surface area contributed by atoms with Gasteiger partial charge in [-0.2, -0.15) is 0 Å². The van der Waals surface area contributed by atoms with Crippen LogP contribution in [0.15, 0.2) is 72.5 Å². The highest BCUT2D eigenvalue weighted by Crippen LogP contribution is 2.33. The van der Waals surface area contributed by atoms with Crippen LogP contribution in [-0.4, -0.2) is 59.2 Å². The molecule has 4 amide bonds. The van der Waals surface area contributed by atoms with Crippen molar-refractivity contribution in [1.82, 2.24) is 20.4 Å². The van der Waals surface area contributed by atoms with E-state index in [9.17, 15) is 14.4 Å². The SMILES string of the molecule is C=CC(=O)Nc1ccc(C(=O)NC(=N)C2=C(N)C(C)(C)N(C(=O)NC3CN(C)Cc4ccccc43)C2)cc1. The number of anilines is 1. The lowest BCUT2D eigenvalue weighted by Gasteiger charge is -2.37. The lowest BCUT2D eigenvalue weighted by Crippen LogP contribution is -2.53. The number of likely N-dealkylation sites (N-methyl/N-ethyl adjacent to an activating group) is 1. The van der Waals surface area contributed by atoms with E-state index in [2.05, 4.69) is 33.5 Å². The molecule has 2 aliphatic heterocycles. The summed E-state index contributed by atoms with van der Waals surface area (Å²) >= 11 is 0. The number of fused-ring (bicyclic) bond motifs is 1. The Morgan fingerprint density at radius 3 is 2.47 bits per heavy atom. The van der Waals surface area contributed by atoms with Crippen LogP contribution in [0.3, 0.4) is 0 Å². The summed E-state index contributed by atoms with van der Waals surface area (Å²) in [6, 6.07) is 13.8. The van der Waals surface area contributed by atoms with Gasteiger partial charge in [-0.3, -0.25) is 19.9 Å². The summed E-state index contributed by atoms with van der Waals surface area (Å²) in [6.45, 7) is 8.62.